The molecule has 160 valence electrons. The fourth-order valence-corrected chi connectivity index (χ4v) is 3.11. The van der Waals surface area contributed by atoms with Gasteiger partial charge < -0.3 is 14.2 Å². The monoisotopic (exact) mass is 418 g/mol. The lowest BCUT2D eigenvalue weighted by atomic mass is 10.1. The van der Waals surface area contributed by atoms with Crippen LogP contribution in [-0.2, 0) is 11.3 Å². The van der Waals surface area contributed by atoms with Gasteiger partial charge in [0.1, 0.15) is 0 Å². The van der Waals surface area contributed by atoms with E-state index in [9.17, 15) is 4.79 Å². The molecule has 0 aliphatic carbocycles. The number of anilines is 1. The molecule has 3 aromatic rings. The molecule has 0 heterocycles. The number of hydrazine groups is 1. The molecule has 0 radical (unpaired) electrons. The highest BCUT2D eigenvalue weighted by atomic mass is 16.5. The minimum Gasteiger partial charge on any atom is -0.493 e. The third-order valence-electron chi connectivity index (χ3n) is 4.61. The SMILES string of the molecule is COc1cc(/C=C/C(=O)NN(Cc2ccccc2)c2ccccc2)cc(OC)c1OC. The Balaban J connectivity index is 1.78. The van der Waals surface area contributed by atoms with E-state index in [4.69, 9.17) is 14.2 Å². The van der Waals surface area contributed by atoms with Gasteiger partial charge in [0.05, 0.1) is 33.6 Å². The van der Waals surface area contributed by atoms with Crippen molar-refractivity contribution in [2.24, 2.45) is 0 Å². The maximum atomic E-state index is 12.7. The summed E-state index contributed by atoms with van der Waals surface area (Å²) < 4.78 is 16.1. The fraction of sp³-hybridized carbons (Fsp3) is 0.160. The van der Waals surface area contributed by atoms with Crippen molar-refractivity contribution in [3.8, 4) is 17.2 Å². The van der Waals surface area contributed by atoms with Crippen molar-refractivity contribution >= 4 is 17.7 Å². The van der Waals surface area contributed by atoms with Crippen molar-refractivity contribution in [1.29, 1.82) is 0 Å². The molecule has 31 heavy (non-hydrogen) atoms. The van der Waals surface area contributed by atoms with E-state index < -0.39 is 0 Å². The number of hydrogen-bond acceptors (Lipinski definition) is 5. The molecular weight excluding hydrogens is 392 g/mol. The van der Waals surface area contributed by atoms with Crippen LogP contribution < -0.4 is 24.6 Å². The quantitative estimate of drug-likeness (QED) is 0.411. The zero-order valence-corrected chi connectivity index (χ0v) is 17.9. The maximum absolute atomic E-state index is 12.7. The number of hydrogen-bond donors (Lipinski definition) is 1. The normalized spacial score (nSPS) is 10.5. The standard InChI is InChI=1S/C25H26N2O4/c1-29-22-16-20(17-23(30-2)25(22)31-3)14-15-24(28)26-27(21-12-8-5-9-13-21)18-19-10-6-4-7-11-19/h4-17H,18H2,1-3H3,(H,26,28)/b15-14+. The zero-order chi connectivity index (χ0) is 22.1. The summed E-state index contributed by atoms with van der Waals surface area (Å²) in [4.78, 5) is 12.7. The second-order valence-electron chi connectivity index (χ2n) is 6.68. The fourth-order valence-electron chi connectivity index (χ4n) is 3.11. The lowest BCUT2D eigenvalue weighted by molar-refractivity contribution is -0.116. The number of para-hydroxylation sites is 1. The molecule has 1 N–H and O–H groups in total. The highest BCUT2D eigenvalue weighted by Gasteiger charge is 2.13. The number of methoxy groups -OCH3 is 3. The summed E-state index contributed by atoms with van der Waals surface area (Å²) >= 11 is 0. The van der Waals surface area contributed by atoms with Gasteiger partial charge in [-0.25, -0.2) is 0 Å². The van der Waals surface area contributed by atoms with Crippen LogP contribution in [0.5, 0.6) is 17.2 Å². The molecule has 6 nitrogen and oxygen atoms in total. The second-order valence-corrected chi connectivity index (χ2v) is 6.68. The molecule has 0 spiro atoms. The van der Waals surface area contributed by atoms with Crippen molar-refractivity contribution in [3.05, 3.63) is 90.0 Å². The van der Waals surface area contributed by atoms with Crippen molar-refractivity contribution in [2.45, 2.75) is 6.54 Å². The van der Waals surface area contributed by atoms with E-state index in [0.717, 1.165) is 16.8 Å². The molecule has 3 rings (SSSR count). The highest BCUT2D eigenvalue weighted by Crippen LogP contribution is 2.38. The Hall–Kier alpha value is -3.93. The first kappa shape index (κ1) is 21.8. The van der Waals surface area contributed by atoms with E-state index >= 15 is 0 Å². The molecule has 6 heteroatoms. The number of amides is 1. The van der Waals surface area contributed by atoms with Crippen molar-refractivity contribution in [3.63, 3.8) is 0 Å². The Morgan fingerprint density at radius 1 is 0.871 bits per heavy atom. The minimum absolute atomic E-state index is 0.256. The molecule has 0 saturated carbocycles. The first-order valence-corrected chi connectivity index (χ1v) is 9.79. The first-order chi connectivity index (χ1) is 15.1. The largest absolute Gasteiger partial charge is 0.493 e. The van der Waals surface area contributed by atoms with Crippen LogP contribution in [0.3, 0.4) is 0 Å². The van der Waals surface area contributed by atoms with E-state index in [2.05, 4.69) is 5.43 Å². The number of benzene rings is 3. The molecule has 0 atom stereocenters. The lowest BCUT2D eigenvalue weighted by Gasteiger charge is -2.25. The van der Waals surface area contributed by atoms with Gasteiger partial charge in [0.2, 0.25) is 5.75 Å². The van der Waals surface area contributed by atoms with Gasteiger partial charge >= 0.3 is 0 Å². The average Bonchev–Trinajstić information content (AvgIpc) is 2.82. The molecule has 0 unspecified atom stereocenters. The van der Waals surface area contributed by atoms with Crippen LogP contribution in [0.15, 0.2) is 78.9 Å². The third kappa shape index (κ3) is 5.79. The molecule has 0 aliphatic rings. The van der Waals surface area contributed by atoms with Crippen molar-refractivity contribution < 1.29 is 19.0 Å². The van der Waals surface area contributed by atoms with Gasteiger partial charge in [-0.2, -0.15) is 0 Å². The van der Waals surface area contributed by atoms with E-state index in [1.165, 1.54) is 6.08 Å². The number of ether oxygens (including phenoxy) is 3. The Bertz CT molecular complexity index is 995. The number of nitrogens with zero attached hydrogens (tertiary/aromatic N) is 1. The van der Waals surface area contributed by atoms with Gasteiger partial charge in [-0.05, 0) is 41.5 Å². The summed E-state index contributed by atoms with van der Waals surface area (Å²) in [5.41, 5.74) is 5.67. The third-order valence-corrected chi connectivity index (χ3v) is 4.61. The molecule has 0 aromatic heterocycles. The van der Waals surface area contributed by atoms with Gasteiger partial charge in [0.15, 0.2) is 11.5 Å². The number of rotatable bonds is 9. The smallest absolute Gasteiger partial charge is 0.262 e. The van der Waals surface area contributed by atoms with Crippen LogP contribution in [0.1, 0.15) is 11.1 Å². The summed E-state index contributed by atoms with van der Waals surface area (Å²) in [6, 6.07) is 23.2. The maximum Gasteiger partial charge on any atom is 0.262 e. The summed E-state index contributed by atoms with van der Waals surface area (Å²) in [7, 11) is 4.66. The number of carbonyl (C=O) groups excluding carboxylic acids is 1. The van der Waals surface area contributed by atoms with Gasteiger partial charge in [-0.3, -0.25) is 15.2 Å². The van der Waals surface area contributed by atoms with E-state index in [0.29, 0.717) is 23.8 Å². The van der Waals surface area contributed by atoms with Gasteiger partial charge in [0, 0.05) is 6.08 Å². The van der Waals surface area contributed by atoms with Gasteiger partial charge in [-0.15, -0.1) is 0 Å². The first-order valence-electron chi connectivity index (χ1n) is 9.79. The molecule has 0 bridgehead atoms. The van der Waals surface area contributed by atoms with Crippen molar-refractivity contribution in [2.75, 3.05) is 26.3 Å². The van der Waals surface area contributed by atoms with E-state index in [1.807, 2.05) is 65.7 Å². The Kier molecular flexibility index (Phi) is 7.54. The Labute approximate surface area is 182 Å². The van der Waals surface area contributed by atoms with Crippen LogP contribution in [0.4, 0.5) is 5.69 Å². The highest BCUT2D eigenvalue weighted by molar-refractivity contribution is 5.92. The zero-order valence-electron chi connectivity index (χ0n) is 17.9. The number of nitrogens with one attached hydrogen (secondary N) is 1. The van der Waals surface area contributed by atoms with Crippen LogP contribution in [-0.4, -0.2) is 27.2 Å². The molecule has 0 saturated heterocycles. The summed E-state index contributed by atoms with van der Waals surface area (Å²) in [6.45, 7) is 0.536. The molecule has 3 aromatic carbocycles. The van der Waals surface area contributed by atoms with Crippen LogP contribution >= 0.6 is 0 Å². The molecule has 0 fully saturated rings. The summed E-state index contributed by atoms with van der Waals surface area (Å²) in [5, 5.41) is 1.82. The predicted molar refractivity (Wildman–Crippen MR) is 122 cm³/mol. The van der Waals surface area contributed by atoms with E-state index in [1.54, 1.807) is 39.5 Å². The van der Waals surface area contributed by atoms with Gasteiger partial charge in [0.25, 0.3) is 5.91 Å². The topological polar surface area (TPSA) is 60.0 Å². The minimum atomic E-state index is -0.256. The van der Waals surface area contributed by atoms with Crippen molar-refractivity contribution in [1.82, 2.24) is 5.43 Å². The Morgan fingerprint density at radius 3 is 2.00 bits per heavy atom. The molecule has 1 amide bonds. The summed E-state index contributed by atoms with van der Waals surface area (Å²) in [6.07, 6.45) is 3.17. The van der Waals surface area contributed by atoms with Crippen LogP contribution in [0, 0.1) is 0 Å². The lowest BCUT2D eigenvalue weighted by Crippen LogP contribution is -2.41. The Morgan fingerprint density at radius 2 is 1.45 bits per heavy atom. The molecular formula is C25H26N2O4. The van der Waals surface area contributed by atoms with E-state index in [-0.39, 0.29) is 5.91 Å². The van der Waals surface area contributed by atoms with Gasteiger partial charge in [-0.1, -0.05) is 48.5 Å². The predicted octanol–water partition coefficient (Wildman–Crippen LogP) is 4.46. The summed E-state index contributed by atoms with van der Waals surface area (Å²) in [5.74, 6) is 1.30. The second kappa shape index (κ2) is 10.7. The average molecular weight is 418 g/mol. The molecule has 0 aliphatic heterocycles. The number of carbonyl (C=O) groups is 1. The van der Waals surface area contributed by atoms with Crippen LogP contribution in [0.2, 0.25) is 0 Å². The van der Waals surface area contributed by atoms with Crippen LogP contribution in [0.25, 0.3) is 6.08 Å².